The second-order valence-corrected chi connectivity index (χ2v) is 2.56. The minimum absolute atomic E-state index is 0.454. The molecule has 0 spiro atoms. The molecule has 0 fully saturated rings. The zero-order valence-corrected chi connectivity index (χ0v) is 6.75. The van der Waals surface area contributed by atoms with Crippen molar-refractivity contribution >= 4 is 36.7 Å². The van der Waals surface area contributed by atoms with Crippen molar-refractivity contribution in [1.82, 2.24) is 4.81 Å². The Morgan fingerprint density at radius 2 is 1.60 bits per heavy atom. The summed E-state index contributed by atoms with van der Waals surface area (Å²) in [7, 11) is 18.0. The largest absolute Gasteiger partial charge is 0.348 e. The van der Waals surface area contributed by atoms with Gasteiger partial charge in [-0.25, -0.2) is 0 Å². The Balaban J connectivity index is 3.50. The van der Waals surface area contributed by atoms with Gasteiger partial charge in [0.25, 0.3) is 0 Å². The molecule has 0 N–H and O–H groups in total. The Hall–Kier alpha value is 0.285. The van der Waals surface area contributed by atoms with Gasteiger partial charge in [0, 0.05) is 29.8 Å². The Morgan fingerprint density at radius 1 is 1.20 bits per heavy atom. The molecule has 0 aliphatic rings. The molecule has 6 radical (unpaired) electrons. The van der Waals surface area contributed by atoms with Gasteiger partial charge in [0.2, 0.25) is 6.85 Å². The third-order valence-corrected chi connectivity index (χ3v) is 1.55. The first kappa shape index (κ1) is 10.3. The van der Waals surface area contributed by atoms with Gasteiger partial charge >= 0.3 is 0 Å². The van der Waals surface area contributed by atoms with Crippen LogP contribution in [0.1, 0.15) is 0 Å². The Morgan fingerprint density at radius 3 is 1.80 bits per heavy atom. The maximum Gasteiger partial charge on any atom is 0.205 e. The van der Waals surface area contributed by atoms with E-state index in [1.807, 2.05) is 14.1 Å². The molecule has 1 nitrogen and oxygen atoms in total. The first-order chi connectivity index (χ1) is 4.72. The minimum atomic E-state index is 0.454. The highest BCUT2D eigenvalue weighted by Gasteiger charge is 2.12. The summed E-state index contributed by atoms with van der Waals surface area (Å²) in [6.45, 7) is 0.454. The summed E-state index contributed by atoms with van der Waals surface area (Å²) in [6, 6.07) is 0. The van der Waals surface area contributed by atoms with Crippen molar-refractivity contribution in [2.24, 2.45) is 0 Å². The van der Waals surface area contributed by atoms with Crippen LogP contribution in [-0.2, 0) is 0 Å². The van der Waals surface area contributed by atoms with Crippen LogP contribution in [-0.4, -0.2) is 55.6 Å². The zero-order chi connectivity index (χ0) is 7.98. The maximum absolute atomic E-state index is 5.29. The standard InChI is InChI=1S/C4H10B5N/c1-10(2)9(3-7-5)4-8-6/h3-4H2,1-2H3. The summed E-state index contributed by atoms with van der Waals surface area (Å²) in [5, 5.41) is 0. The molecule has 46 valence electrons. The summed E-state index contributed by atoms with van der Waals surface area (Å²) < 4.78 is 0. The van der Waals surface area contributed by atoms with Crippen molar-refractivity contribution in [2.45, 2.75) is 12.4 Å². The molecule has 0 heterocycles. The molecular formula is C4H10B5N. The van der Waals surface area contributed by atoms with Crippen molar-refractivity contribution < 1.29 is 0 Å². The average Bonchev–Trinajstić information content (AvgIpc) is 1.87. The highest BCUT2D eigenvalue weighted by molar-refractivity contribution is 6.99. The van der Waals surface area contributed by atoms with E-state index in [2.05, 4.69) is 4.81 Å². The normalized spacial score (nSPS) is 9.50. The monoisotopic (exact) mass is 127 g/mol. The van der Waals surface area contributed by atoms with Gasteiger partial charge in [-0.3, -0.25) is 0 Å². The Labute approximate surface area is 68.7 Å². The van der Waals surface area contributed by atoms with Gasteiger partial charge in [-0.15, -0.1) is 0 Å². The predicted molar refractivity (Wildman–Crippen MR) is 52.1 cm³/mol. The van der Waals surface area contributed by atoms with Crippen molar-refractivity contribution in [3.8, 4) is 0 Å². The molecule has 0 rings (SSSR count). The van der Waals surface area contributed by atoms with Crippen LogP contribution in [0, 0.1) is 0 Å². The molecule has 0 aromatic rings. The number of rotatable bonds is 5. The quantitative estimate of drug-likeness (QED) is 0.428. The fourth-order valence-corrected chi connectivity index (χ4v) is 0.832. The fourth-order valence-electron chi connectivity index (χ4n) is 0.832. The molecule has 0 aliphatic heterocycles. The number of hydrogen-bond donors (Lipinski definition) is 0. The van der Waals surface area contributed by atoms with E-state index in [0.29, 0.717) is 6.85 Å². The molecule has 6 heteroatoms. The van der Waals surface area contributed by atoms with Crippen LogP contribution in [0.15, 0.2) is 0 Å². The van der Waals surface area contributed by atoms with Crippen LogP contribution in [0.25, 0.3) is 0 Å². The van der Waals surface area contributed by atoms with Crippen molar-refractivity contribution in [3.63, 3.8) is 0 Å². The Kier molecular flexibility index (Phi) is 6.20. The highest BCUT2D eigenvalue weighted by Crippen LogP contribution is 1.97. The second-order valence-electron chi connectivity index (χ2n) is 2.56. The lowest BCUT2D eigenvalue weighted by Gasteiger charge is -2.19. The lowest BCUT2D eigenvalue weighted by atomic mass is 9.29. The third-order valence-electron chi connectivity index (χ3n) is 1.55. The van der Waals surface area contributed by atoms with Gasteiger partial charge in [-0.2, -0.15) is 0 Å². The molecule has 0 unspecified atom stereocenters. The van der Waals surface area contributed by atoms with Gasteiger partial charge in [0.05, 0.1) is 0 Å². The summed E-state index contributed by atoms with van der Waals surface area (Å²) >= 11 is 0. The first-order valence-electron chi connectivity index (χ1n) is 3.45. The average molecular weight is 126 g/mol. The third kappa shape index (κ3) is 4.16. The van der Waals surface area contributed by atoms with Crippen molar-refractivity contribution in [3.05, 3.63) is 0 Å². The lowest BCUT2D eigenvalue weighted by Crippen LogP contribution is -2.35. The highest BCUT2D eigenvalue weighted by atomic mass is 15.0. The van der Waals surface area contributed by atoms with Gasteiger partial charge in [0.15, 0.2) is 0 Å². The summed E-state index contributed by atoms with van der Waals surface area (Å²) in [6.07, 6.45) is 1.78. The molecule has 0 aromatic heterocycles. The molecule has 0 aliphatic carbocycles. The topological polar surface area (TPSA) is 3.24 Å². The lowest BCUT2D eigenvalue weighted by molar-refractivity contribution is 0.644. The minimum Gasteiger partial charge on any atom is -0.348 e. The van der Waals surface area contributed by atoms with E-state index in [0.717, 1.165) is 12.4 Å². The van der Waals surface area contributed by atoms with E-state index in [1.165, 1.54) is 0 Å². The van der Waals surface area contributed by atoms with Crippen molar-refractivity contribution in [1.29, 1.82) is 0 Å². The molecule has 0 amide bonds. The van der Waals surface area contributed by atoms with Crippen LogP contribution in [0.4, 0.5) is 0 Å². The van der Waals surface area contributed by atoms with Crippen LogP contribution in [0.2, 0.25) is 12.4 Å². The molecular weight excluding hydrogens is 116 g/mol. The van der Waals surface area contributed by atoms with Crippen LogP contribution in [0.5, 0.6) is 0 Å². The van der Waals surface area contributed by atoms with E-state index >= 15 is 0 Å². The van der Waals surface area contributed by atoms with E-state index < -0.39 is 0 Å². The van der Waals surface area contributed by atoms with Gasteiger partial charge < -0.3 is 4.81 Å². The van der Waals surface area contributed by atoms with Crippen molar-refractivity contribution in [2.75, 3.05) is 14.1 Å². The maximum atomic E-state index is 5.29. The van der Waals surface area contributed by atoms with Gasteiger partial charge in [0.1, 0.15) is 0 Å². The molecule has 10 heavy (non-hydrogen) atoms. The molecule has 0 aromatic carbocycles. The summed E-state index contributed by atoms with van der Waals surface area (Å²) in [4.78, 5) is 2.12. The summed E-state index contributed by atoms with van der Waals surface area (Å²) in [5.74, 6) is 0. The predicted octanol–water partition coefficient (Wildman–Crippen LogP) is -0.970. The summed E-state index contributed by atoms with van der Waals surface area (Å²) in [5.41, 5.74) is 0. The van der Waals surface area contributed by atoms with Crippen LogP contribution >= 0.6 is 0 Å². The Bertz CT molecular complexity index is 72.0. The number of nitrogens with zero attached hydrogens (tertiary/aromatic N) is 1. The van der Waals surface area contributed by atoms with Gasteiger partial charge in [-0.1, -0.05) is 12.4 Å². The van der Waals surface area contributed by atoms with E-state index in [4.69, 9.17) is 15.5 Å². The van der Waals surface area contributed by atoms with Crippen LogP contribution < -0.4 is 0 Å². The van der Waals surface area contributed by atoms with Crippen LogP contribution in [0.3, 0.4) is 0 Å². The SMILES string of the molecule is [B][B]CB(C[B][B])N(C)C. The van der Waals surface area contributed by atoms with E-state index in [9.17, 15) is 0 Å². The van der Waals surface area contributed by atoms with Gasteiger partial charge in [-0.05, 0) is 14.1 Å². The first-order valence-corrected chi connectivity index (χ1v) is 3.45. The molecule has 0 bridgehead atoms. The zero-order valence-electron chi connectivity index (χ0n) is 6.75. The molecule has 0 atom stereocenters. The van der Waals surface area contributed by atoms with E-state index in [-0.39, 0.29) is 0 Å². The molecule has 0 saturated carbocycles. The second kappa shape index (κ2) is 6.02. The number of hydrogen-bond acceptors (Lipinski definition) is 1. The molecule has 0 saturated heterocycles. The fraction of sp³-hybridized carbons (Fsp3) is 1.00. The smallest absolute Gasteiger partial charge is 0.205 e. The van der Waals surface area contributed by atoms with E-state index in [1.54, 1.807) is 14.3 Å².